The molecule has 3 aliphatic carbocycles. The zero-order valence-electron chi connectivity index (χ0n) is 22.8. The van der Waals surface area contributed by atoms with Crippen LogP contribution in [-0.4, -0.2) is 28.8 Å². The number of rotatable bonds is 5. The minimum Gasteiger partial charge on any atom is -0.497 e. The van der Waals surface area contributed by atoms with Gasteiger partial charge in [-0.2, -0.15) is 5.10 Å². The molecule has 1 aromatic heterocycles. The Morgan fingerprint density at radius 1 is 1.05 bits per heavy atom. The van der Waals surface area contributed by atoms with E-state index in [0.717, 1.165) is 47.7 Å². The van der Waals surface area contributed by atoms with E-state index in [1.807, 2.05) is 28.9 Å². The largest absolute Gasteiger partial charge is 0.497 e. The van der Waals surface area contributed by atoms with E-state index in [4.69, 9.17) is 9.84 Å². The summed E-state index contributed by atoms with van der Waals surface area (Å²) in [5.74, 6) is 1.46. The lowest BCUT2D eigenvalue weighted by Gasteiger charge is -2.43. The van der Waals surface area contributed by atoms with Gasteiger partial charge in [0, 0.05) is 17.2 Å². The van der Waals surface area contributed by atoms with E-state index in [1.54, 1.807) is 7.11 Å². The normalized spacial score (nSPS) is 27.6. The van der Waals surface area contributed by atoms with Gasteiger partial charge >= 0.3 is 0 Å². The van der Waals surface area contributed by atoms with Crippen molar-refractivity contribution in [2.45, 2.75) is 78.2 Å². The lowest BCUT2D eigenvalue weighted by molar-refractivity contribution is -0.125. The predicted octanol–water partition coefficient (Wildman–Crippen LogP) is 6.61. The molecule has 0 saturated heterocycles. The third-order valence-electron chi connectivity index (χ3n) is 9.78. The molecule has 2 fully saturated rings. The van der Waals surface area contributed by atoms with Crippen molar-refractivity contribution in [3.8, 4) is 22.7 Å². The average Bonchev–Trinajstić information content (AvgIpc) is 3.54. The molecular formula is C32H39N3O2. The molecule has 1 amide bonds. The first-order valence-electron chi connectivity index (χ1n) is 13.8. The van der Waals surface area contributed by atoms with E-state index < -0.39 is 0 Å². The maximum absolute atomic E-state index is 14.0. The molecule has 0 spiro atoms. The Bertz CT molecular complexity index is 1320. The number of fused-ring (bicyclic) bond motifs is 3. The van der Waals surface area contributed by atoms with Crippen molar-refractivity contribution in [3.63, 3.8) is 0 Å². The summed E-state index contributed by atoms with van der Waals surface area (Å²) in [5, 5.41) is 8.75. The van der Waals surface area contributed by atoms with Gasteiger partial charge in [-0.25, -0.2) is 4.68 Å². The fraction of sp³-hybridized carbons (Fsp3) is 0.500. The molecule has 0 radical (unpaired) electrons. The fourth-order valence-corrected chi connectivity index (χ4v) is 7.69. The van der Waals surface area contributed by atoms with Crippen LogP contribution in [0.2, 0.25) is 0 Å². The van der Waals surface area contributed by atoms with Crippen LogP contribution in [0.1, 0.15) is 75.6 Å². The van der Waals surface area contributed by atoms with Crippen LogP contribution in [0.4, 0.5) is 0 Å². The number of amides is 1. The number of benzene rings is 2. The fourth-order valence-electron chi connectivity index (χ4n) is 7.69. The van der Waals surface area contributed by atoms with Gasteiger partial charge in [0.15, 0.2) is 0 Å². The number of nitrogens with one attached hydrogen (secondary N) is 1. The Labute approximate surface area is 220 Å². The van der Waals surface area contributed by atoms with Gasteiger partial charge in [-0.05, 0) is 86.5 Å². The summed E-state index contributed by atoms with van der Waals surface area (Å²) in [4.78, 5) is 14.0. The number of methoxy groups -OCH3 is 1. The van der Waals surface area contributed by atoms with Gasteiger partial charge in [0.25, 0.3) is 0 Å². The first-order chi connectivity index (χ1) is 17.7. The molecule has 1 heterocycles. The van der Waals surface area contributed by atoms with Crippen LogP contribution in [0.25, 0.3) is 16.9 Å². The Hall–Kier alpha value is -3.08. The molecule has 4 atom stereocenters. The van der Waals surface area contributed by atoms with Crippen LogP contribution >= 0.6 is 0 Å². The highest BCUT2D eigenvalue weighted by atomic mass is 16.5. The molecule has 2 aromatic carbocycles. The number of aryl methyl sites for hydroxylation is 1. The van der Waals surface area contributed by atoms with E-state index in [-0.39, 0.29) is 28.7 Å². The zero-order chi connectivity index (χ0) is 25.9. The number of aromatic nitrogens is 2. The monoisotopic (exact) mass is 497 g/mol. The van der Waals surface area contributed by atoms with E-state index in [0.29, 0.717) is 5.92 Å². The molecular weight excluding hydrogens is 458 g/mol. The second-order valence-electron chi connectivity index (χ2n) is 12.5. The molecule has 1 N–H and O–H groups in total. The minimum atomic E-state index is -0.217. The summed E-state index contributed by atoms with van der Waals surface area (Å²) >= 11 is 0. The zero-order valence-corrected chi connectivity index (χ0v) is 22.8. The van der Waals surface area contributed by atoms with Crippen molar-refractivity contribution in [2.24, 2.45) is 16.7 Å². The van der Waals surface area contributed by atoms with Crippen molar-refractivity contribution in [2.75, 3.05) is 7.11 Å². The van der Waals surface area contributed by atoms with E-state index in [2.05, 4.69) is 57.3 Å². The number of hydrogen-bond acceptors (Lipinski definition) is 3. The standard InChI is InChI=1S/C32H39N3O2/c1-20-9-11-21(12-10-20)28-25-7-6-8-26(27(25)34-35(28)23-13-15-24(37-5)16-14-23)29(36)33-30-31(2,3)22-17-18-32(30,4)19-22/h9-16,22,26,30H,6-8,17-19H2,1-5H3,(H,33,36). The van der Waals surface area contributed by atoms with Gasteiger partial charge in [-0.15, -0.1) is 0 Å². The molecule has 3 aromatic rings. The van der Waals surface area contributed by atoms with Crippen molar-refractivity contribution < 1.29 is 9.53 Å². The molecule has 2 saturated carbocycles. The number of carbonyl (C=O) groups excluding carboxylic acids is 1. The third-order valence-corrected chi connectivity index (χ3v) is 9.78. The second kappa shape index (κ2) is 8.75. The summed E-state index contributed by atoms with van der Waals surface area (Å²) in [6.07, 6.45) is 6.50. The molecule has 194 valence electrons. The summed E-state index contributed by atoms with van der Waals surface area (Å²) in [5.41, 5.74) is 6.94. The maximum Gasteiger partial charge on any atom is 0.229 e. The molecule has 37 heavy (non-hydrogen) atoms. The summed E-state index contributed by atoms with van der Waals surface area (Å²) in [7, 11) is 1.68. The topological polar surface area (TPSA) is 56.2 Å². The van der Waals surface area contributed by atoms with E-state index in [9.17, 15) is 4.79 Å². The predicted molar refractivity (Wildman–Crippen MR) is 147 cm³/mol. The third kappa shape index (κ3) is 3.89. The van der Waals surface area contributed by atoms with Gasteiger partial charge in [-0.1, -0.05) is 50.6 Å². The van der Waals surface area contributed by atoms with E-state index >= 15 is 0 Å². The van der Waals surface area contributed by atoms with Gasteiger partial charge < -0.3 is 10.1 Å². The van der Waals surface area contributed by atoms with Gasteiger partial charge in [0.1, 0.15) is 5.75 Å². The molecule has 6 rings (SSSR count). The van der Waals surface area contributed by atoms with Crippen molar-refractivity contribution in [3.05, 3.63) is 65.4 Å². The van der Waals surface area contributed by atoms with Crippen molar-refractivity contribution in [1.82, 2.24) is 15.1 Å². The van der Waals surface area contributed by atoms with Crippen LogP contribution in [0, 0.1) is 23.7 Å². The summed E-state index contributed by atoms with van der Waals surface area (Å²) < 4.78 is 7.43. The summed E-state index contributed by atoms with van der Waals surface area (Å²) in [6.45, 7) is 9.20. The minimum absolute atomic E-state index is 0.135. The molecule has 4 unspecified atom stereocenters. The van der Waals surface area contributed by atoms with Crippen molar-refractivity contribution in [1.29, 1.82) is 0 Å². The number of carbonyl (C=O) groups is 1. The first-order valence-corrected chi connectivity index (χ1v) is 13.8. The van der Waals surface area contributed by atoms with E-state index in [1.165, 1.54) is 30.4 Å². The van der Waals surface area contributed by atoms with Crippen LogP contribution < -0.4 is 10.1 Å². The Kier molecular flexibility index (Phi) is 5.74. The van der Waals surface area contributed by atoms with Crippen LogP contribution in [-0.2, 0) is 11.2 Å². The highest BCUT2D eigenvalue weighted by Gasteiger charge is 2.60. The van der Waals surface area contributed by atoms with Crippen LogP contribution in [0.15, 0.2) is 48.5 Å². The van der Waals surface area contributed by atoms with Crippen LogP contribution in [0.3, 0.4) is 0 Å². The molecule has 0 aliphatic heterocycles. The highest BCUT2D eigenvalue weighted by molar-refractivity contribution is 5.85. The second-order valence-corrected chi connectivity index (χ2v) is 12.5. The number of ether oxygens (including phenoxy) is 1. The highest BCUT2D eigenvalue weighted by Crippen LogP contribution is 2.62. The lowest BCUT2D eigenvalue weighted by Crippen LogP contribution is -2.53. The smallest absolute Gasteiger partial charge is 0.229 e. The van der Waals surface area contributed by atoms with Crippen molar-refractivity contribution >= 4 is 5.91 Å². The maximum atomic E-state index is 14.0. The van der Waals surface area contributed by atoms with Gasteiger partial charge in [0.05, 0.1) is 30.1 Å². The molecule has 5 heteroatoms. The Morgan fingerprint density at radius 2 is 1.78 bits per heavy atom. The molecule has 3 aliphatic rings. The summed E-state index contributed by atoms with van der Waals surface area (Å²) in [6, 6.07) is 16.9. The SMILES string of the molecule is COc1ccc(-n2nc3c(c2-c2ccc(C)cc2)CCCC3C(=O)NC2C3(C)CCC(C3)C2(C)C)cc1. The molecule has 5 nitrogen and oxygen atoms in total. The number of nitrogens with zero attached hydrogens (tertiary/aromatic N) is 2. The van der Waals surface area contributed by atoms with Gasteiger partial charge in [-0.3, -0.25) is 4.79 Å². The van der Waals surface area contributed by atoms with Crippen LogP contribution in [0.5, 0.6) is 5.75 Å². The quantitative estimate of drug-likeness (QED) is 0.432. The number of hydrogen-bond donors (Lipinski definition) is 1. The lowest BCUT2D eigenvalue weighted by atomic mass is 9.68. The van der Waals surface area contributed by atoms with Gasteiger partial charge in [0.2, 0.25) is 5.91 Å². The Morgan fingerprint density at radius 3 is 2.43 bits per heavy atom. The molecule has 2 bridgehead atoms. The Balaban J connectivity index is 1.40. The average molecular weight is 498 g/mol. The first kappa shape index (κ1) is 24.3.